The number of carbonyl (C=O) groups excluding carboxylic acids is 1. The maximum Gasteiger partial charge on any atom is 0.138 e. The van der Waals surface area contributed by atoms with Crippen molar-refractivity contribution in [3.63, 3.8) is 0 Å². The number of hydrogen-bond acceptors (Lipinski definition) is 2. The fourth-order valence-electron chi connectivity index (χ4n) is 1.78. The van der Waals surface area contributed by atoms with Gasteiger partial charge in [0.05, 0.1) is 12.7 Å². The second-order valence-corrected chi connectivity index (χ2v) is 3.88. The summed E-state index contributed by atoms with van der Waals surface area (Å²) in [7, 11) is 0. The number of Topliss-reactive ketones (excluding diaryl/α,β-unsaturated/α-hetero) is 1. The van der Waals surface area contributed by atoms with Crippen LogP contribution < -0.4 is 0 Å². The van der Waals surface area contributed by atoms with Crippen LogP contribution in [0.1, 0.15) is 30.1 Å². The first-order valence-corrected chi connectivity index (χ1v) is 5.06. The lowest BCUT2D eigenvalue weighted by Crippen LogP contribution is -2.20. The molecule has 0 N–H and O–H groups in total. The topological polar surface area (TPSA) is 26.3 Å². The molecule has 1 aliphatic rings. The lowest BCUT2D eigenvalue weighted by atomic mass is 9.99. The summed E-state index contributed by atoms with van der Waals surface area (Å²) in [6, 6.07) is 5.01. The lowest BCUT2D eigenvalue weighted by Gasteiger charge is -2.22. The van der Waals surface area contributed by atoms with Gasteiger partial charge in [0.2, 0.25) is 0 Å². The zero-order chi connectivity index (χ0) is 10.8. The van der Waals surface area contributed by atoms with Crippen LogP contribution >= 0.6 is 0 Å². The van der Waals surface area contributed by atoms with Gasteiger partial charge in [0.1, 0.15) is 11.6 Å². The average Bonchev–Trinajstić information content (AvgIpc) is 2.17. The Hall–Kier alpha value is -1.22. The monoisotopic (exact) mass is 208 g/mol. The summed E-state index contributed by atoms with van der Waals surface area (Å²) in [6.45, 7) is 2.23. The molecule has 2 nitrogen and oxygen atoms in total. The minimum atomic E-state index is -0.396. The standard InChI is InChI=1S/C12H13FO2/c1-8-2-3-10(11(13)6-8)12-7-9(14)4-5-15-12/h2-3,6,12H,4-5,7H2,1H3. The number of carbonyl (C=O) groups is 1. The third-order valence-electron chi connectivity index (χ3n) is 2.62. The van der Waals surface area contributed by atoms with Gasteiger partial charge in [-0.15, -0.1) is 0 Å². The Morgan fingerprint density at radius 1 is 1.47 bits per heavy atom. The highest BCUT2D eigenvalue weighted by molar-refractivity contribution is 5.79. The van der Waals surface area contributed by atoms with E-state index in [0.717, 1.165) is 5.56 Å². The largest absolute Gasteiger partial charge is 0.372 e. The summed E-state index contributed by atoms with van der Waals surface area (Å²) >= 11 is 0. The van der Waals surface area contributed by atoms with E-state index in [1.807, 2.05) is 13.0 Å². The summed E-state index contributed by atoms with van der Waals surface area (Å²) in [5, 5.41) is 0. The van der Waals surface area contributed by atoms with Crippen molar-refractivity contribution in [2.45, 2.75) is 25.9 Å². The molecule has 0 aliphatic carbocycles. The first kappa shape index (κ1) is 10.3. The molecule has 2 rings (SSSR count). The van der Waals surface area contributed by atoms with Gasteiger partial charge in [0.25, 0.3) is 0 Å². The fourth-order valence-corrected chi connectivity index (χ4v) is 1.78. The van der Waals surface area contributed by atoms with E-state index in [1.54, 1.807) is 6.07 Å². The van der Waals surface area contributed by atoms with Gasteiger partial charge in [-0.1, -0.05) is 12.1 Å². The van der Waals surface area contributed by atoms with Crippen LogP contribution in [0.3, 0.4) is 0 Å². The maximum absolute atomic E-state index is 13.6. The van der Waals surface area contributed by atoms with Gasteiger partial charge in [-0.2, -0.15) is 0 Å². The van der Waals surface area contributed by atoms with Crippen LogP contribution in [0.5, 0.6) is 0 Å². The Balaban J connectivity index is 2.24. The van der Waals surface area contributed by atoms with Crippen LogP contribution in [0.15, 0.2) is 18.2 Å². The summed E-state index contributed by atoms with van der Waals surface area (Å²) in [5.41, 5.74) is 1.37. The van der Waals surface area contributed by atoms with Crippen molar-refractivity contribution in [2.75, 3.05) is 6.61 Å². The van der Waals surface area contributed by atoms with E-state index < -0.39 is 6.10 Å². The molecule has 15 heavy (non-hydrogen) atoms. The Bertz CT molecular complexity index is 387. The second-order valence-electron chi connectivity index (χ2n) is 3.88. The molecule has 1 unspecified atom stereocenters. The van der Waals surface area contributed by atoms with Gasteiger partial charge >= 0.3 is 0 Å². The number of rotatable bonds is 1. The van der Waals surface area contributed by atoms with E-state index in [4.69, 9.17) is 4.74 Å². The van der Waals surface area contributed by atoms with Crippen molar-refractivity contribution in [1.29, 1.82) is 0 Å². The number of ketones is 1. The molecule has 0 bridgehead atoms. The van der Waals surface area contributed by atoms with Gasteiger partial charge in [0, 0.05) is 18.4 Å². The molecule has 1 fully saturated rings. The molecule has 80 valence electrons. The van der Waals surface area contributed by atoms with Crippen molar-refractivity contribution in [3.8, 4) is 0 Å². The molecular formula is C12H13FO2. The molecule has 3 heteroatoms. The zero-order valence-electron chi connectivity index (χ0n) is 8.63. The second kappa shape index (κ2) is 4.11. The summed E-state index contributed by atoms with van der Waals surface area (Å²) in [5.74, 6) is -0.138. The Kier molecular flexibility index (Phi) is 2.82. The van der Waals surface area contributed by atoms with Crippen LogP contribution in [0.4, 0.5) is 4.39 Å². The van der Waals surface area contributed by atoms with Crippen molar-refractivity contribution < 1.29 is 13.9 Å². The SMILES string of the molecule is Cc1ccc(C2CC(=O)CCO2)c(F)c1. The van der Waals surface area contributed by atoms with Gasteiger partial charge in [0.15, 0.2) is 0 Å². The van der Waals surface area contributed by atoms with Crippen molar-refractivity contribution in [1.82, 2.24) is 0 Å². The lowest BCUT2D eigenvalue weighted by molar-refractivity contribution is -0.128. The molecule has 0 amide bonds. The Morgan fingerprint density at radius 3 is 2.93 bits per heavy atom. The van der Waals surface area contributed by atoms with Crippen molar-refractivity contribution in [3.05, 3.63) is 35.1 Å². The molecule has 0 saturated carbocycles. The predicted molar refractivity (Wildman–Crippen MR) is 54.1 cm³/mol. The van der Waals surface area contributed by atoms with Gasteiger partial charge in [-0.25, -0.2) is 4.39 Å². The summed E-state index contributed by atoms with van der Waals surface area (Å²) in [4.78, 5) is 11.2. The smallest absolute Gasteiger partial charge is 0.138 e. The highest BCUT2D eigenvalue weighted by Gasteiger charge is 2.23. The molecule has 1 atom stereocenters. The number of aryl methyl sites for hydroxylation is 1. The minimum absolute atomic E-state index is 0.145. The third kappa shape index (κ3) is 2.23. The van der Waals surface area contributed by atoms with E-state index in [2.05, 4.69) is 0 Å². The molecular weight excluding hydrogens is 195 g/mol. The molecule has 1 aromatic rings. The molecule has 0 radical (unpaired) electrons. The first-order valence-electron chi connectivity index (χ1n) is 5.06. The number of hydrogen-bond donors (Lipinski definition) is 0. The average molecular weight is 208 g/mol. The molecule has 1 aliphatic heterocycles. The molecule has 1 saturated heterocycles. The van der Waals surface area contributed by atoms with Crippen LogP contribution in [0, 0.1) is 12.7 Å². The Labute approximate surface area is 88.1 Å². The molecule has 1 aromatic carbocycles. The highest BCUT2D eigenvalue weighted by atomic mass is 19.1. The van der Waals surface area contributed by atoms with Gasteiger partial charge < -0.3 is 4.74 Å². The van der Waals surface area contributed by atoms with E-state index in [-0.39, 0.29) is 11.6 Å². The van der Waals surface area contributed by atoms with Crippen LogP contribution in [-0.4, -0.2) is 12.4 Å². The maximum atomic E-state index is 13.6. The highest BCUT2D eigenvalue weighted by Crippen LogP contribution is 2.28. The van der Waals surface area contributed by atoms with E-state index in [1.165, 1.54) is 6.07 Å². The summed E-state index contributed by atoms with van der Waals surface area (Å²) < 4.78 is 19.0. The zero-order valence-corrected chi connectivity index (χ0v) is 8.63. The number of benzene rings is 1. The number of halogens is 1. The minimum Gasteiger partial charge on any atom is -0.372 e. The fraction of sp³-hybridized carbons (Fsp3) is 0.417. The molecule has 0 spiro atoms. The number of ether oxygens (including phenoxy) is 1. The van der Waals surface area contributed by atoms with Gasteiger partial charge in [-0.3, -0.25) is 4.79 Å². The third-order valence-corrected chi connectivity index (χ3v) is 2.62. The van der Waals surface area contributed by atoms with E-state index in [0.29, 0.717) is 25.0 Å². The quantitative estimate of drug-likeness (QED) is 0.709. The summed E-state index contributed by atoms with van der Waals surface area (Å²) in [6.07, 6.45) is 0.344. The van der Waals surface area contributed by atoms with Crippen molar-refractivity contribution in [2.24, 2.45) is 0 Å². The van der Waals surface area contributed by atoms with Gasteiger partial charge in [-0.05, 0) is 18.6 Å². The molecule has 0 aromatic heterocycles. The Morgan fingerprint density at radius 2 is 2.27 bits per heavy atom. The normalized spacial score (nSPS) is 21.7. The van der Waals surface area contributed by atoms with E-state index in [9.17, 15) is 9.18 Å². The first-order chi connectivity index (χ1) is 7.16. The predicted octanol–water partition coefficient (Wildman–Crippen LogP) is 2.55. The molecule has 1 heterocycles. The van der Waals surface area contributed by atoms with Crippen LogP contribution in [-0.2, 0) is 9.53 Å². The van der Waals surface area contributed by atoms with Crippen molar-refractivity contribution >= 4 is 5.78 Å². The van der Waals surface area contributed by atoms with E-state index >= 15 is 0 Å². The van der Waals surface area contributed by atoms with Crippen LogP contribution in [0.2, 0.25) is 0 Å². The van der Waals surface area contributed by atoms with Crippen LogP contribution in [0.25, 0.3) is 0 Å².